The summed E-state index contributed by atoms with van der Waals surface area (Å²) in [6.07, 6.45) is 13.6. The zero-order chi connectivity index (χ0) is 13.6. The van der Waals surface area contributed by atoms with Crippen LogP contribution in [0.5, 0.6) is 0 Å². The Morgan fingerprint density at radius 1 is 1.00 bits per heavy atom. The van der Waals surface area contributed by atoms with Crippen LogP contribution >= 0.6 is 0 Å². The molecule has 0 bridgehead atoms. The maximum Gasteiger partial charge on any atom is 0.445 e. The maximum atomic E-state index is 6.18. The van der Waals surface area contributed by atoms with Gasteiger partial charge in [-0.05, 0) is 25.8 Å². The molecule has 2 rings (SSSR count). The fourth-order valence-corrected chi connectivity index (χ4v) is 7.24. The highest BCUT2D eigenvalue weighted by Crippen LogP contribution is 2.41. The van der Waals surface area contributed by atoms with Gasteiger partial charge in [-0.1, -0.05) is 51.9 Å². The standard InChI is InChI=1S/C15H31NO2Si/c1-3-14-18-19(17-2)15-12-10-8-6-4-5-7-9-11-13-16(15)19/h15H,3-14H2,1-2H3. The molecular formula is C15H31NO2Si. The van der Waals surface area contributed by atoms with Gasteiger partial charge in [0.25, 0.3) is 0 Å². The number of fused-ring (bicyclic) bond motifs is 1. The molecule has 0 saturated carbocycles. The van der Waals surface area contributed by atoms with E-state index in [0.717, 1.165) is 13.0 Å². The quantitative estimate of drug-likeness (QED) is 0.580. The normalized spacial score (nSPS) is 36.9. The van der Waals surface area contributed by atoms with Crippen LogP contribution in [0, 0.1) is 0 Å². The van der Waals surface area contributed by atoms with Gasteiger partial charge in [-0.3, -0.25) is 4.57 Å². The second kappa shape index (κ2) is 7.77. The van der Waals surface area contributed by atoms with Crippen molar-refractivity contribution in [1.82, 2.24) is 4.57 Å². The van der Waals surface area contributed by atoms with Gasteiger partial charge in [0, 0.05) is 13.7 Å². The first-order chi connectivity index (χ1) is 9.35. The summed E-state index contributed by atoms with van der Waals surface area (Å²) in [6.45, 7) is 4.25. The molecule has 0 radical (unpaired) electrons. The van der Waals surface area contributed by atoms with E-state index in [9.17, 15) is 0 Å². The van der Waals surface area contributed by atoms with Crippen molar-refractivity contribution in [3.8, 4) is 0 Å². The van der Waals surface area contributed by atoms with Crippen molar-refractivity contribution in [2.75, 3.05) is 20.3 Å². The number of hydrogen-bond acceptors (Lipinski definition) is 3. The highest BCUT2D eigenvalue weighted by atomic mass is 28.4. The highest BCUT2D eigenvalue weighted by Gasteiger charge is 2.69. The Morgan fingerprint density at radius 3 is 2.26 bits per heavy atom. The number of nitrogens with zero attached hydrogens (tertiary/aromatic N) is 1. The van der Waals surface area contributed by atoms with Crippen LogP contribution in [-0.4, -0.2) is 39.2 Å². The lowest BCUT2D eigenvalue weighted by Crippen LogP contribution is -2.34. The minimum atomic E-state index is -1.95. The zero-order valence-corrected chi connectivity index (χ0v) is 13.8. The Kier molecular flexibility index (Phi) is 6.33. The van der Waals surface area contributed by atoms with Gasteiger partial charge >= 0.3 is 8.72 Å². The lowest BCUT2D eigenvalue weighted by atomic mass is 10.1. The van der Waals surface area contributed by atoms with Gasteiger partial charge in [-0.25, -0.2) is 0 Å². The molecule has 3 unspecified atom stereocenters. The highest BCUT2D eigenvalue weighted by molar-refractivity contribution is 6.76. The molecule has 3 nitrogen and oxygen atoms in total. The van der Waals surface area contributed by atoms with E-state index in [2.05, 4.69) is 11.5 Å². The van der Waals surface area contributed by atoms with E-state index >= 15 is 0 Å². The van der Waals surface area contributed by atoms with Crippen LogP contribution in [0.25, 0.3) is 0 Å². The van der Waals surface area contributed by atoms with Gasteiger partial charge in [-0.15, -0.1) is 0 Å². The van der Waals surface area contributed by atoms with Gasteiger partial charge in [0.15, 0.2) is 0 Å². The lowest BCUT2D eigenvalue weighted by Gasteiger charge is -2.13. The summed E-state index contributed by atoms with van der Waals surface area (Å²) in [5.41, 5.74) is 0.642. The van der Waals surface area contributed by atoms with Crippen LogP contribution in [-0.2, 0) is 8.85 Å². The number of hydrogen-bond donors (Lipinski definition) is 0. The van der Waals surface area contributed by atoms with Crippen molar-refractivity contribution in [3.63, 3.8) is 0 Å². The molecule has 0 N–H and O–H groups in total. The maximum absolute atomic E-state index is 6.18. The third-order valence-corrected chi connectivity index (χ3v) is 8.28. The molecule has 0 aromatic heterocycles. The van der Waals surface area contributed by atoms with E-state index in [1.807, 2.05) is 7.11 Å². The first kappa shape index (κ1) is 15.5. The molecule has 0 aromatic carbocycles. The zero-order valence-electron chi connectivity index (χ0n) is 12.8. The summed E-state index contributed by atoms with van der Waals surface area (Å²) in [7, 11) is -0.0853. The van der Waals surface area contributed by atoms with Crippen molar-refractivity contribution in [2.45, 2.75) is 76.8 Å². The molecule has 3 atom stereocenters. The summed E-state index contributed by atoms with van der Waals surface area (Å²) < 4.78 is 14.7. The van der Waals surface area contributed by atoms with Crippen molar-refractivity contribution in [1.29, 1.82) is 0 Å². The third kappa shape index (κ3) is 3.81. The molecule has 2 aliphatic heterocycles. The van der Waals surface area contributed by atoms with Gasteiger partial charge in [0.2, 0.25) is 0 Å². The van der Waals surface area contributed by atoms with Crippen LogP contribution in [0.1, 0.15) is 71.1 Å². The van der Waals surface area contributed by atoms with E-state index < -0.39 is 8.72 Å². The molecule has 19 heavy (non-hydrogen) atoms. The third-order valence-electron chi connectivity index (χ3n) is 4.56. The van der Waals surface area contributed by atoms with E-state index in [0.29, 0.717) is 5.67 Å². The summed E-state index contributed by atoms with van der Waals surface area (Å²) in [5.74, 6) is 0. The predicted octanol–water partition coefficient (Wildman–Crippen LogP) is 3.75. The van der Waals surface area contributed by atoms with E-state index in [4.69, 9.17) is 8.85 Å². The average Bonchev–Trinajstić information content (AvgIpc) is 3.03. The smallest absolute Gasteiger partial charge is 0.385 e. The Morgan fingerprint density at radius 2 is 1.63 bits per heavy atom. The first-order valence-corrected chi connectivity index (χ1v) is 10.1. The largest absolute Gasteiger partial charge is 0.445 e. The molecule has 2 saturated heterocycles. The van der Waals surface area contributed by atoms with Gasteiger partial charge in [0.1, 0.15) is 0 Å². The summed E-state index contributed by atoms with van der Waals surface area (Å²) >= 11 is 0. The monoisotopic (exact) mass is 285 g/mol. The van der Waals surface area contributed by atoms with E-state index in [1.54, 1.807) is 0 Å². The Labute approximate surface area is 120 Å². The summed E-state index contributed by atoms with van der Waals surface area (Å²) in [5, 5.41) is 0. The Hall–Kier alpha value is 0.0969. The van der Waals surface area contributed by atoms with Crippen LogP contribution < -0.4 is 0 Å². The first-order valence-electron chi connectivity index (χ1n) is 8.31. The van der Waals surface area contributed by atoms with Gasteiger partial charge < -0.3 is 8.85 Å². The van der Waals surface area contributed by atoms with Crippen molar-refractivity contribution < 1.29 is 8.85 Å². The fourth-order valence-electron chi connectivity index (χ4n) is 3.43. The molecule has 2 heterocycles. The Balaban J connectivity index is 1.90. The van der Waals surface area contributed by atoms with Crippen LogP contribution in [0.15, 0.2) is 0 Å². The van der Waals surface area contributed by atoms with E-state index in [-0.39, 0.29) is 0 Å². The topological polar surface area (TPSA) is 21.5 Å². The van der Waals surface area contributed by atoms with Crippen molar-refractivity contribution in [2.24, 2.45) is 0 Å². The SMILES string of the molecule is CCCO[Si]1(OC)C2CCCCCCCCCCN21. The summed E-state index contributed by atoms with van der Waals surface area (Å²) in [4.78, 5) is 0. The van der Waals surface area contributed by atoms with Crippen molar-refractivity contribution >= 4 is 8.72 Å². The molecular weight excluding hydrogens is 254 g/mol. The second-order valence-electron chi connectivity index (χ2n) is 6.01. The molecule has 0 amide bonds. The molecule has 2 aliphatic rings. The van der Waals surface area contributed by atoms with Crippen molar-refractivity contribution in [3.05, 3.63) is 0 Å². The predicted molar refractivity (Wildman–Crippen MR) is 81.1 cm³/mol. The molecule has 4 heteroatoms. The molecule has 112 valence electrons. The van der Waals surface area contributed by atoms with Crippen LogP contribution in [0.4, 0.5) is 0 Å². The number of rotatable bonds is 4. The fraction of sp³-hybridized carbons (Fsp3) is 1.00. The molecule has 2 fully saturated rings. The lowest BCUT2D eigenvalue weighted by molar-refractivity contribution is 0.205. The average molecular weight is 286 g/mol. The van der Waals surface area contributed by atoms with Gasteiger partial charge in [0.05, 0.1) is 5.67 Å². The summed E-state index contributed by atoms with van der Waals surface area (Å²) in [6, 6.07) is 0. The minimum Gasteiger partial charge on any atom is -0.385 e. The minimum absolute atomic E-state index is 0.642. The van der Waals surface area contributed by atoms with Crippen LogP contribution in [0.2, 0.25) is 0 Å². The molecule has 0 spiro atoms. The van der Waals surface area contributed by atoms with Gasteiger partial charge in [-0.2, -0.15) is 0 Å². The van der Waals surface area contributed by atoms with Crippen LogP contribution in [0.3, 0.4) is 0 Å². The second-order valence-corrected chi connectivity index (χ2v) is 9.21. The molecule has 0 aromatic rings. The van der Waals surface area contributed by atoms with E-state index in [1.165, 1.54) is 64.3 Å². The molecule has 0 aliphatic carbocycles. The Bertz CT molecular complexity index is 245.